The normalized spacial score (nSPS) is 20.3. The highest BCUT2D eigenvalue weighted by molar-refractivity contribution is 5.71. The summed E-state index contributed by atoms with van der Waals surface area (Å²) in [5, 5.41) is 23.1. The lowest BCUT2D eigenvalue weighted by atomic mass is 9.87. The number of hydrogen-bond donors (Lipinski definition) is 3. The molecule has 27 heavy (non-hydrogen) atoms. The van der Waals surface area contributed by atoms with E-state index in [9.17, 15) is 13.9 Å². The smallest absolute Gasteiger partial charge is 0.388 e. The Hall–Kier alpha value is -2.82. The first-order chi connectivity index (χ1) is 13.1. The van der Waals surface area contributed by atoms with Crippen molar-refractivity contribution in [1.82, 2.24) is 29.9 Å². The summed E-state index contributed by atoms with van der Waals surface area (Å²) in [7, 11) is 0. The van der Waals surface area contributed by atoms with E-state index in [-0.39, 0.29) is 17.8 Å². The van der Waals surface area contributed by atoms with Crippen molar-refractivity contribution in [3.8, 4) is 5.88 Å². The van der Waals surface area contributed by atoms with Crippen molar-refractivity contribution >= 4 is 22.8 Å². The minimum Gasteiger partial charge on any atom is -0.417 e. The van der Waals surface area contributed by atoms with Crippen LogP contribution in [0.25, 0.3) is 11.2 Å². The van der Waals surface area contributed by atoms with Gasteiger partial charge >= 0.3 is 6.61 Å². The molecule has 3 aromatic rings. The Kier molecular flexibility index (Phi) is 4.84. The van der Waals surface area contributed by atoms with Crippen LogP contribution in [0.2, 0.25) is 0 Å². The summed E-state index contributed by atoms with van der Waals surface area (Å²) in [6, 6.07) is 1.31. The zero-order valence-corrected chi connectivity index (χ0v) is 14.3. The molecule has 3 heterocycles. The molecule has 0 atom stereocenters. The van der Waals surface area contributed by atoms with Gasteiger partial charge in [-0.25, -0.2) is 19.7 Å². The maximum Gasteiger partial charge on any atom is 0.388 e. The monoisotopic (exact) mass is 379 g/mol. The maximum atomic E-state index is 12.2. The van der Waals surface area contributed by atoms with E-state index in [0.29, 0.717) is 29.4 Å². The predicted octanol–water partition coefficient (Wildman–Crippen LogP) is 2.45. The highest BCUT2D eigenvalue weighted by Gasteiger charge is 2.21. The fraction of sp³-hybridized carbons (Fsp3) is 0.500. The lowest BCUT2D eigenvalue weighted by molar-refractivity contribution is -0.0528. The van der Waals surface area contributed by atoms with E-state index in [1.807, 2.05) is 4.68 Å². The number of aliphatic hydroxyl groups excluding tert-OH is 1. The third-order valence-electron chi connectivity index (χ3n) is 4.62. The zero-order chi connectivity index (χ0) is 18.8. The van der Waals surface area contributed by atoms with Crippen LogP contribution in [-0.4, -0.2) is 47.8 Å². The first-order valence-corrected chi connectivity index (χ1v) is 8.70. The van der Waals surface area contributed by atoms with Gasteiger partial charge in [-0.15, -0.1) is 0 Å². The number of ether oxygens (including phenoxy) is 1. The molecule has 0 unspecified atom stereocenters. The SMILES string of the molecule is OC1CCC(Cn2ncc3ncc(Nc4cc(OC(F)F)[nH]n4)nc32)CC1. The highest BCUT2D eigenvalue weighted by atomic mass is 19.3. The lowest BCUT2D eigenvalue weighted by Gasteiger charge is -2.25. The van der Waals surface area contributed by atoms with Crippen molar-refractivity contribution in [2.24, 2.45) is 5.92 Å². The number of aromatic amines is 1. The third-order valence-corrected chi connectivity index (χ3v) is 4.62. The number of anilines is 2. The average Bonchev–Trinajstić information content (AvgIpc) is 3.23. The van der Waals surface area contributed by atoms with Crippen molar-refractivity contribution in [2.75, 3.05) is 5.32 Å². The van der Waals surface area contributed by atoms with Gasteiger partial charge in [0.2, 0.25) is 5.88 Å². The fourth-order valence-corrected chi connectivity index (χ4v) is 3.27. The van der Waals surface area contributed by atoms with Crippen LogP contribution >= 0.6 is 0 Å². The molecule has 0 bridgehead atoms. The van der Waals surface area contributed by atoms with Crippen LogP contribution in [0.4, 0.5) is 20.4 Å². The van der Waals surface area contributed by atoms with Gasteiger partial charge in [0, 0.05) is 12.6 Å². The van der Waals surface area contributed by atoms with Crippen LogP contribution in [0.15, 0.2) is 18.5 Å². The summed E-state index contributed by atoms with van der Waals surface area (Å²) < 4.78 is 30.5. The quantitative estimate of drug-likeness (QED) is 0.603. The molecule has 3 N–H and O–H groups in total. The van der Waals surface area contributed by atoms with E-state index in [1.165, 1.54) is 12.3 Å². The molecule has 1 saturated carbocycles. The first-order valence-electron chi connectivity index (χ1n) is 8.70. The van der Waals surface area contributed by atoms with Gasteiger partial charge in [0.1, 0.15) is 5.52 Å². The van der Waals surface area contributed by atoms with Gasteiger partial charge in [-0.1, -0.05) is 0 Å². The fourth-order valence-electron chi connectivity index (χ4n) is 3.27. The summed E-state index contributed by atoms with van der Waals surface area (Å²) >= 11 is 0. The van der Waals surface area contributed by atoms with Crippen molar-refractivity contribution in [1.29, 1.82) is 0 Å². The first kappa shape index (κ1) is 17.6. The Labute approximate surface area is 152 Å². The van der Waals surface area contributed by atoms with E-state index >= 15 is 0 Å². The summed E-state index contributed by atoms with van der Waals surface area (Å²) in [6.45, 7) is -2.21. The second-order valence-electron chi connectivity index (χ2n) is 6.59. The summed E-state index contributed by atoms with van der Waals surface area (Å²) in [5.41, 5.74) is 1.30. The van der Waals surface area contributed by atoms with Gasteiger partial charge in [0.25, 0.3) is 0 Å². The number of H-pyrrole nitrogens is 1. The van der Waals surface area contributed by atoms with Crippen molar-refractivity contribution < 1.29 is 18.6 Å². The number of fused-ring (bicyclic) bond motifs is 1. The average molecular weight is 379 g/mol. The number of nitrogens with one attached hydrogen (secondary N) is 2. The molecule has 1 aliphatic rings. The molecule has 4 rings (SSSR count). The van der Waals surface area contributed by atoms with Crippen LogP contribution < -0.4 is 10.1 Å². The number of aliphatic hydroxyl groups is 1. The van der Waals surface area contributed by atoms with Crippen LogP contribution in [0.1, 0.15) is 25.7 Å². The van der Waals surface area contributed by atoms with E-state index in [0.717, 1.165) is 25.7 Å². The molecule has 1 fully saturated rings. The molecule has 0 aromatic carbocycles. The largest absolute Gasteiger partial charge is 0.417 e. The number of alkyl halides is 2. The molecule has 1 aliphatic carbocycles. The van der Waals surface area contributed by atoms with Crippen LogP contribution in [0.5, 0.6) is 5.88 Å². The van der Waals surface area contributed by atoms with E-state index in [4.69, 9.17) is 0 Å². The second kappa shape index (κ2) is 7.43. The predicted molar refractivity (Wildman–Crippen MR) is 91.8 cm³/mol. The number of hydrogen-bond acceptors (Lipinski definition) is 7. The molecule has 9 nitrogen and oxygen atoms in total. The van der Waals surface area contributed by atoms with Gasteiger partial charge in [0.05, 0.1) is 18.5 Å². The zero-order valence-electron chi connectivity index (χ0n) is 14.3. The number of nitrogens with zero attached hydrogens (tertiary/aromatic N) is 5. The number of rotatable bonds is 6. The number of halogens is 2. The van der Waals surface area contributed by atoms with Crippen molar-refractivity contribution in [2.45, 2.75) is 44.9 Å². The minimum absolute atomic E-state index is 0.147. The Morgan fingerprint density at radius 2 is 2.07 bits per heavy atom. The van der Waals surface area contributed by atoms with Crippen molar-refractivity contribution in [3.63, 3.8) is 0 Å². The van der Waals surface area contributed by atoms with E-state index < -0.39 is 6.61 Å². The van der Waals surface area contributed by atoms with Crippen LogP contribution in [0.3, 0.4) is 0 Å². The van der Waals surface area contributed by atoms with Crippen molar-refractivity contribution in [3.05, 3.63) is 18.5 Å². The maximum absolute atomic E-state index is 12.2. The molecule has 0 radical (unpaired) electrons. The standard InChI is InChI=1S/C16H19F2N7O2/c17-16(18)27-14-5-12(23-24-14)21-13-7-19-11-6-20-25(15(11)22-13)8-9-1-3-10(26)4-2-9/h5-7,9-10,16,26H,1-4,8H2,(H2,21,22,23,24). The Morgan fingerprint density at radius 1 is 1.26 bits per heavy atom. The molecule has 3 aromatic heterocycles. The van der Waals surface area contributed by atoms with Crippen LogP contribution in [-0.2, 0) is 6.54 Å². The molecule has 144 valence electrons. The summed E-state index contributed by atoms with van der Waals surface area (Å²) in [6.07, 6.45) is 6.51. The minimum atomic E-state index is -2.93. The second-order valence-corrected chi connectivity index (χ2v) is 6.59. The molecule has 0 amide bonds. The molecule has 0 saturated heterocycles. The van der Waals surface area contributed by atoms with E-state index in [2.05, 4.69) is 35.3 Å². The summed E-state index contributed by atoms with van der Waals surface area (Å²) in [4.78, 5) is 8.84. The van der Waals surface area contributed by atoms with E-state index in [1.54, 1.807) is 6.20 Å². The van der Waals surface area contributed by atoms with Gasteiger partial charge in [-0.05, 0) is 31.6 Å². The molecular weight excluding hydrogens is 360 g/mol. The van der Waals surface area contributed by atoms with Gasteiger partial charge in [-0.2, -0.15) is 19.0 Å². The molecular formula is C16H19F2N7O2. The Balaban J connectivity index is 1.49. The molecule has 0 aliphatic heterocycles. The Morgan fingerprint density at radius 3 is 2.85 bits per heavy atom. The third kappa shape index (κ3) is 4.13. The molecule has 11 heteroatoms. The lowest BCUT2D eigenvalue weighted by Crippen LogP contribution is -2.22. The molecule has 0 spiro atoms. The highest BCUT2D eigenvalue weighted by Crippen LogP contribution is 2.26. The van der Waals surface area contributed by atoms with Gasteiger partial charge < -0.3 is 15.2 Å². The van der Waals surface area contributed by atoms with Crippen LogP contribution in [0, 0.1) is 5.92 Å². The van der Waals surface area contributed by atoms with Gasteiger partial charge in [0.15, 0.2) is 17.3 Å². The topological polar surface area (TPSA) is 114 Å². The summed E-state index contributed by atoms with van der Waals surface area (Å²) in [5.74, 6) is 0.992. The number of aromatic nitrogens is 6. The van der Waals surface area contributed by atoms with Gasteiger partial charge in [-0.3, -0.25) is 0 Å². The Bertz CT molecular complexity index is 905.